The lowest BCUT2D eigenvalue weighted by atomic mass is 10.1. The average molecular weight is 427 g/mol. The number of methoxy groups -OCH3 is 2. The van der Waals surface area contributed by atoms with Gasteiger partial charge in [-0.05, 0) is 55.1 Å². The molecule has 0 aromatic heterocycles. The number of carbonyl (C=O) groups excluding carboxylic acids is 3. The highest BCUT2D eigenvalue weighted by Gasteiger charge is 2.36. The quantitative estimate of drug-likeness (QED) is 0.465. The van der Waals surface area contributed by atoms with E-state index < -0.39 is 11.1 Å². The monoisotopic (exact) mass is 427 g/mol. The second-order valence-corrected chi connectivity index (χ2v) is 7.22. The highest BCUT2D eigenvalue weighted by atomic mass is 32.2. The largest absolute Gasteiger partial charge is 0.497 e. The number of ether oxygens (including phenoxy) is 3. The zero-order valence-electron chi connectivity index (χ0n) is 16.8. The Labute approximate surface area is 178 Å². The van der Waals surface area contributed by atoms with Crippen molar-refractivity contribution in [2.45, 2.75) is 6.92 Å². The number of imide groups is 1. The fourth-order valence-electron chi connectivity index (χ4n) is 2.90. The summed E-state index contributed by atoms with van der Waals surface area (Å²) in [5.41, 5.74) is 1.01. The molecule has 1 saturated heterocycles. The van der Waals surface area contributed by atoms with Gasteiger partial charge in [0.2, 0.25) is 0 Å². The first kappa shape index (κ1) is 21.4. The summed E-state index contributed by atoms with van der Waals surface area (Å²) in [5.74, 6) is 0.780. The number of hydrogen-bond acceptors (Lipinski definition) is 7. The molecule has 2 amide bonds. The second kappa shape index (κ2) is 9.49. The zero-order valence-corrected chi connectivity index (χ0v) is 17.7. The minimum Gasteiger partial charge on any atom is -0.497 e. The Kier molecular flexibility index (Phi) is 6.79. The first-order valence-electron chi connectivity index (χ1n) is 9.21. The van der Waals surface area contributed by atoms with Crippen molar-refractivity contribution in [3.05, 3.63) is 58.5 Å². The molecule has 0 N–H and O–H groups in total. The number of hydrogen-bond donors (Lipinski definition) is 0. The van der Waals surface area contributed by atoms with Gasteiger partial charge in [0, 0.05) is 11.1 Å². The molecule has 2 aromatic rings. The van der Waals surface area contributed by atoms with Gasteiger partial charge in [0.25, 0.3) is 11.1 Å². The molecule has 156 valence electrons. The van der Waals surface area contributed by atoms with Crippen molar-refractivity contribution in [2.24, 2.45) is 0 Å². The van der Waals surface area contributed by atoms with E-state index in [1.165, 1.54) is 14.2 Å². The fraction of sp³-hybridized carbons (Fsp3) is 0.227. The van der Waals surface area contributed by atoms with E-state index in [4.69, 9.17) is 14.2 Å². The van der Waals surface area contributed by atoms with Crippen LogP contribution in [0, 0.1) is 0 Å². The molecule has 1 heterocycles. The Bertz CT molecular complexity index is 999. The topological polar surface area (TPSA) is 82.1 Å². The van der Waals surface area contributed by atoms with E-state index in [-0.39, 0.29) is 17.2 Å². The SMILES string of the molecule is CCOc1c(/C=C2/SC(=O)N(CC(=O)c3ccc(OC)cc3)C2=O)cccc1OC. The molecule has 8 heteroatoms. The second-order valence-electron chi connectivity index (χ2n) is 6.23. The average Bonchev–Trinajstić information content (AvgIpc) is 3.02. The van der Waals surface area contributed by atoms with E-state index in [0.717, 1.165) is 16.7 Å². The molecular formula is C22H21NO6S. The van der Waals surface area contributed by atoms with Gasteiger partial charge in [-0.25, -0.2) is 0 Å². The van der Waals surface area contributed by atoms with Crippen LogP contribution in [0.3, 0.4) is 0 Å². The Morgan fingerprint density at radius 2 is 1.80 bits per heavy atom. The van der Waals surface area contributed by atoms with Gasteiger partial charge in [-0.3, -0.25) is 19.3 Å². The summed E-state index contributed by atoms with van der Waals surface area (Å²) in [5, 5.41) is -0.492. The summed E-state index contributed by atoms with van der Waals surface area (Å²) in [6.45, 7) is 1.93. The van der Waals surface area contributed by atoms with Crippen LogP contribution >= 0.6 is 11.8 Å². The third kappa shape index (κ3) is 4.49. The van der Waals surface area contributed by atoms with Gasteiger partial charge in [-0.1, -0.05) is 12.1 Å². The summed E-state index contributed by atoms with van der Waals surface area (Å²) in [6.07, 6.45) is 1.58. The summed E-state index contributed by atoms with van der Waals surface area (Å²) >= 11 is 0.790. The Morgan fingerprint density at radius 3 is 2.43 bits per heavy atom. The number of rotatable bonds is 8. The number of carbonyl (C=O) groups is 3. The molecule has 0 aliphatic carbocycles. The van der Waals surface area contributed by atoms with Crippen molar-refractivity contribution >= 4 is 34.8 Å². The minimum absolute atomic E-state index is 0.219. The summed E-state index contributed by atoms with van der Waals surface area (Å²) < 4.78 is 16.0. The van der Waals surface area contributed by atoms with Crippen molar-refractivity contribution in [1.29, 1.82) is 0 Å². The van der Waals surface area contributed by atoms with Crippen LogP contribution in [0.25, 0.3) is 6.08 Å². The maximum Gasteiger partial charge on any atom is 0.293 e. The molecule has 0 spiro atoms. The lowest BCUT2D eigenvalue weighted by Crippen LogP contribution is -2.33. The minimum atomic E-state index is -0.517. The smallest absolute Gasteiger partial charge is 0.293 e. The predicted octanol–water partition coefficient (Wildman–Crippen LogP) is 4.02. The van der Waals surface area contributed by atoms with E-state index in [9.17, 15) is 14.4 Å². The number of Topliss-reactive ketones (excluding diaryl/α,β-unsaturated/α-hetero) is 1. The number of para-hydroxylation sites is 1. The van der Waals surface area contributed by atoms with Gasteiger partial charge in [0.1, 0.15) is 5.75 Å². The molecule has 0 radical (unpaired) electrons. The molecule has 1 aliphatic heterocycles. The molecule has 0 saturated carbocycles. The van der Waals surface area contributed by atoms with E-state index in [0.29, 0.717) is 35.0 Å². The first-order chi connectivity index (χ1) is 14.5. The summed E-state index contributed by atoms with van der Waals surface area (Å²) in [4.78, 5) is 38.9. The van der Waals surface area contributed by atoms with E-state index >= 15 is 0 Å². The van der Waals surface area contributed by atoms with Crippen LogP contribution in [0.5, 0.6) is 17.2 Å². The highest BCUT2D eigenvalue weighted by Crippen LogP contribution is 2.37. The molecule has 3 rings (SSSR count). The third-order valence-corrected chi connectivity index (χ3v) is 5.30. The van der Waals surface area contributed by atoms with Crippen LogP contribution in [0.4, 0.5) is 4.79 Å². The number of ketones is 1. The van der Waals surface area contributed by atoms with Crippen molar-refractivity contribution < 1.29 is 28.6 Å². The molecule has 1 aliphatic rings. The van der Waals surface area contributed by atoms with Crippen molar-refractivity contribution in [3.63, 3.8) is 0 Å². The Morgan fingerprint density at radius 1 is 1.07 bits per heavy atom. The van der Waals surface area contributed by atoms with Gasteiger partial charge >= 0.3 is 0 Å². The maximum absolute atomic E-state index is 12.8. The van der Waals surface area contributed by atoms with E-state index in [1.54, 1.807) is 48.5 Å². The molecule has 0 unspecified atom stereocenters. The zero-order chi connectivity index (χ0) is 21.7. The summed E-state index contributed by atoms with van der Waals surface area (Å²) in [7, 11) is 3.06. The summed E-state index contributed by atoms with van der Waals surface area (Å²) in [6, 6.07) is 11.8. The lowest BCUT2D eigenvalue weighted by molar-refractivity contribution is -0.122. The van der Waals surface area contributed by atoms with Crippen LogP contribution in [-0.4, -0.2) is 49.2 Å². The van der Waals surface area contributed by atoms with Crippen LogP contribution in [0.15, 0.2) is 47.4 Å². The molecule has 0 bridgehead atoms. The van der Waals surface area contributed by atoms with Gasteiger partial charge in [-0.2, -0.15) is 0 Å². The molecule has 1 fully saturated rings. The maximum atomic E-state index is 12.8. The van der Waals surface area contributed by atoms with E-state index in [2.05, 4.69) is 0 Å². The molecule has 7 nitrogen and oxygen atoms in total. The fourth-order valence-corrected chi connectivity index (χ4v) is 3.72. The van der Waals surface area contributed by atoms with Gasteiger partial charge in [-0.15, -0.1) is 0 Å². The number of benzene rings is 2. The number of amides is 2. The van der Waals surface area contributed by atoms with Crippen molar-refractivity contribution in [3.8, 4) is 17.2 Å². The van der Waals surface area contributed by atoms with Crippen LogP contribution in [0.1, 0.15) is 22.8 Å². The third-order valence-electron chi connectivity index (χ3n) is 4.39. The highest BCUT2D eigenvalue weighted by molar-refractivity contribution is 8.18. The Hall–Kier alpha value is -3.26. The first-order valence-corrected chi connectivity index (χ1v) is 10.0. The Balaban J connectivity index is 1.81. The van der Waals surface area contributed by atoms with Crippen LogP contribution in [-0.2, 0) is 4.79 Å². The van der Waals surface area contributed by atoms with Crippen molar-refractivity contribution in [1.82, 2.24) is 4.90 Å². The van der Waals surface area contributed by atoms with Gasteiger partial charge in [0.05, 0.1) is 32.3 Å². The standard InChI is InChI=1S/C22H21NO6S/c1-4-29-20-15(6-5-7-18(20)28-3)12-19-21(25)23(22(26)30-19)13-17(24)14-8-10-16(27-2)11-9-14/h5-12H,4,13H2,1-3H3/b19-12+. The van der Waals surface area contributed by atoms with Crippen molar-refractivity contribution in [2.75, 3.05) is 27.4 Å². The number of thioether (sulfide) groups is 1. The predicted molar refractivity (Wildman–Crippen MR) is 114 cm³/mol. The van der Waals surface area contributed by atoms with Gasteiger partial charge < -0.3 is 14.2 Å². The molecular weight excluding hydrogens is 406 g/mol. The van der Waals surface area contributed by atoms with Crippen LogP contribution in [0.2, 0.25) is 0 Å². The lowest BCUT2D eigenvalue weighted by Gasteiger charge is -2.13. The molecule has 30 heavy (non-hydrogen) atoms. The van der Waals surface area contributed by atoms with E-state index in [1.807, 2.05) is 6.92 Å². The van der Waals surface area contributed by atoms with Gasteiger partial charge in [0.15, 0.2) is 17.3 Å². The number of nitrogens with zero attached hydrogens (tertiary/aromatic N) is 1. The molecule has 2 aromatic carbocycles. The normalized spacial score (nSPS) is 14.9. The molecule has 0 atom stereocenters. The van der Waals surface area contributed by atoms with Crippen LogP contribution < -0.4 is 14.2 Å².